The van der Waals surface area contributed by atoms with Crippen molar-refractivity contribution in [3.8, 4) is 0 Å². The van der Waals surface area contributed by atoms with Crippen LogP contribution in [0.15, 0.2) is 9.59 Å². The van der Waals surface area contributed by atoms with Crippen LogP contribution < -0.4 is 17.0 Å². The summed E-state index contributed by atoms with van der Waals surface area (Å²) < 4.78 is 2.96. The first-order valence-corrected chi connectivity index (χ1v) is 6.01. The van der Waals surface area contributed by atoms with Gasteiger partial charge in [-0.25, -0.2) is 4.79 Å². The van der Waals surface area contributed by atoms with Gasteiger partial charge in [-0.2, -0.15) is 4.98 Å². The van der Waals surface area contributed by atoms with E-state index in [1.165, 1.54) is 4.57 Å². The van der Waals surface area contributed by atoms with E-state index in [9.17, 15) is 9.59 Å². The van der Waals surface area contributed by atoms with Gasteiger partial charge in [0.15, 0.2) is 11.2 Å². The Hall–Kier alpha value is -2.05. The predicted molar refractivity (Wildman–Crippen MR) is 69.5 cm³/mol. The minimum atomic E-state index is -0.481. The number of fused-ring (bicyclic) bond motifs is 1. The molecule has 0 unspecified atom stereocenters. The second-order valence-electron chi connectivity index (χ2n) is 4.32. The standard InChI is InChI=1S/C11H17N5O2/c1-3-4-5-6-16-7-8(13-10(16)12)15(2)11(18)14-9(7)17/h3-6H2,1-2H3,(H2,12,13)(H,14,17,18). The zero-order valence-electron chi connectivity index (χ0n) is 10.6. The van der Waals surface area contributed by atoms with Crippen molar-refractivity contribution in [2.75, 3.05) is 5.73 Å². The van der Waals surface area contributed by atoms with Gasteiger partial charge >= 0.3 is 5.69 Å². The number of unbranched alkanes of at least 4 members (excludes halogenated alkanes) is 2. The molecular formula is C11H17N5O2. The largest absolute Gasteiger partial charge is 0.369 e. The van der Waals surface area contributed by atoms with Gasteiger partial charge in [0.1, 0.15) is 0 Å². The van der Waals surface area contributed by atoms with Gasteiger partial charge in [-0.3, -0.25) is 14.3 Å². The smallest absolute Gasteiger partial charge is 0.329 e. The van der Waals surface area contributed by atoms with E-state index in [1.54, 1.807) is 11.6 Å². The van der Waals surface area contributed by atoms with Crippen LogP contribution in [0.2, 0.25) is 0 Å². The number of nitrogens with one attached hydrogen (secondary N) is 1. The number of imidazole rings is 1. The monoisotopic (exact) mass is 251 g/mol. The number of aromatic amines is 1. The predicted octanol–water partition coefficient (Wildman–Crippen LogP) is 0.196. The molecule has 0 spiro atoms. The SMILES string of the molecule is CCCCCn1c(N)nc2c1c(=O)[nH]c(=O)n2C. The number of nitrogens with two attached hydrogens (primary N) is 1. The first-order valence-electron chi connectivity index (χ1n) is 6.01. The third kappa shape index (κ3) is 1.92. The van der Waals surface area contributed by atoms with E-state index in [1.807, 2.05) is 0 Å². The van der Waals surface area contributed by atoms with Gasteiger partial charge in [-0.05, 0) is 6.42 Å². The average Bonchev–Trinajstić information content (AvgIpc) is 2.65. The van der Waals surface area contributed by atoms with Gasteiger partial charge in [0.2, 0.25) is 5.95 Å². The number of hydrogen-bond donors (Lipinski definition) is 2. The van der Waals surface area contributed by atoms with Crippen molar-refractivity contribution in [2.45, 2.75) is 32.7 Å². The molecule has 98 valence electrons. The fourth-order valence-electron chi connectivity index (χ4n) is 2.00. The van der Waals surface area contributed by atoms with Gasteiger partial charge in [0, 0.05) is 13.6 Å². The summed E-state index contributed by atoms with van der Waals surface area (Å²) >= 11 is 0. The Morgan fingerprint density at radius 3 is 2.72 bits per heavy atom. The Morgan fingerprint density at radius 2 is 2.06 bits per heavy atom. The Kier molecular flexibility index (Phi) is 3.22. The maximum absolute atomic E-state index is 11.8. The number of nitrogen functional groups attached to an aromatic ring is 1. The average molecular weight is 251 g/mol. The molecule has 0 amide bonds. The summed E-state index contributed by atoms with van der Waals surface area (Å²) in [5.74, 6) is 0.271. The van der Waals surface area contributed by atoms with Gasteiger partial charge in [-0.1, -0.05) is 19.8 Å². The van der Waals surface area contributed by atoms with Gasteiger partial charge < -0.3 is 10.3 Å². The van der Waals surface area contributed by atoms with Crippen LogP contribution in [0.4, 0.5) is 5.95 Å². The van der Waals surface area contributed by atoms with E-state index in [0.717, 1.165) is 19.3 Å². The Bertz CT molecular complexity index is 679. The third-order valence-corrected chi connectivity index (χ3v) is 3.02. The van der Waals surface area contributed by atoms with Crippen molar-refractivity contribution in [1.29, 1.82) is 0 Å². The van der Waals surface area contributed by atoms with Crippen molar-refractivity contribution in [3.05, 3.63) is 20.8 Å². The number of anilines is 1. The van der Waals surface area contributed by atoms with Crippen molar-refractivity contribution in [1.82, 2.24) is 19.1 Å². The quantitative estimate of drug-likeness (QED) is 0.758. The minimum absolute atomic E-state index is 0.271. The molecule has 3 N–H and O–H groups in total. The van der Waals surface area contributed by atoms with Crippen LogP contribution >= 0.6 is 0 Å². The number of H-pyrrole nitrogens is 1. The fraction of sp³-hybridized carbons (Fsp3) is 0.545. The Balaban J connectivity index is 2.60. The lowest BCUT2D eigenvalue weighted by molar-refractivity contribution is 0.617. The first kappa shape index (κ1) is 12.4. The van der Waals surface area contributed by atoms with Crippen LogP contribution in [0.1, 0.15) is 26.2 Å². The van der Waals surface area contributed by atoms with Gasteiger partial charge in [-0.15, -0.1) is 0 Å². The van der Waals surface area contributed by atoms with E-state index in [0.29, 0.717) is 17.7 Å². The summed E-state index contributed by atoms with van der Waals surface area (Å²) in [7, 11) is 1.56. The number of nitrogens with zero attached hydrogens (tertiary/aromatic N) is 3. The third-order valence-electron chi connectivity index (χ3n) is 3.02. The summed E-state index contributed by atoms with van der Waals surface area (Å²) in [6, 6.07) is 0. The number of aryl methyl sites for hydroxylation is 2. The Labute approximate surface area is 103 Å². The van der Waals surface area contributed by atoms with Gasteiger partial charge in [0.05, 0.1) is 0 Å². The maximum atomic E-state index is 11.8. The molecule has 2 rings (SSSR count). The summed E-state index contributed by atoms with van der Waals surface area (Å²) in [5, 5.41) is 0. The molecule has 7 nitrogen and oxygen atoms in total. The molecule has 0 aromatic carbocycles. The summed E-state index contributed by atoms with van der Waals surface area (Å²) in [5.41, 5.74) is 5.59. The number of hydrogen-bond acceptors (Lipinski definition) is 4. The number of rotatable bonds is 4. The molecule has 0 aliphatic rings. The Morgan fingerprint density at radius 1 is 1.33 bits per heavy atom. The van der Waals surface area contributed by atoms with Crippen molar-refractivity contribution < 1.29 is 0 Å². The highest BCUT2D eigenvalue weighted by molar-refractivity contribution is 5.73. The minimum Gasteiger partial charge on any atom is -0.369 e. The summed E-state index contributed by atoms with van der Waals surface area (Å²) in [6.45, 7) is 2.74. The second kappa shape index (κ2) is 4.67. The van der Waals surface area contributed by atoms with E-state index >= 15 is 0 Å². The van der Waals surface area contributed by atoms with Crippen molar-refractivity contribution >= 4 is 17.1 Å². The molecule has 2 heterocycles. The lowest BCUT2D eigenvalue weighted by Crippen LogP contribution is -2.29. The molecule has 0 atom stereocenters. The molecule has 18 heavy (non-hydrogen) atoms. The highest BCUT2D eigenvalue weighted by Crippen LogP contribution is 2.13. The van der Waals surface area contributed by atoms with Crippen molar-refractivity contribution in [3.63, 3.8) is 0 Å². The molecule has 0 radical (unpaired) electrons. The van der Waals surface area contributed by atoms with Crippen LogP contribution in [-0.4, -0.2) is 19.1 Å². The fourth-order valence-corrected chi connectivity index (χ4v) is 2.00. The van der Waals surface area contributed by atoms with E-state index in [2.05, 4.69) is 16.9 Å². The highest BCUT2D eigenvalue weighted by atomic mass is 16.2. The van der Waals surface area contributed by atoms with Crippen LogP contribution in [-0.2, 0) is 13.6 Å². The van der Waals surface area contributed by atoms with Crippen LogP contribution in [0.5, 0.6) is 0 Å². The topological polar surface area (TPSA) is 98.7 Å². The van der Waals surface area contributed by atoms with Crippen LogP contribution in [0.25, 0.3) is 11.2 Å². The molecule has 0 aliphatic carbocycles. The molecule has 0 saturated carbocycles. The second-order valence-corrected chi connectivity index (χ2v) is 4.32. The molecule has 0 fully saturated rings. The lowest BCUT2D eigenvalue weighted by Gasteiger charge is -2.05. The molecule has 0 saturated heterocycles. The maximum Gasteiger partial charge on any atom is 0.329 e. The van der Waals surface area contributed by atoms with E-state index in [-0.39, 0.29) is 5.95 Å². The summed E-state index contributed by atoms with van der Waals surface area (Å²) in [6.07, 6.45) is 3.07. The highest BCUT2D eigenvalue weighted by Gasteiger charge is 2.14. The van der Waals surface area contributed by atoms with E-state index < -0.39 is 11.2 Å². The molecule has 2 aromatic rings. The zero-order valence-corrected chi connectivity index (χ0v) is 10.6. The van der Waals surface area contributed by atoms with Gasteiger partial charge in [0.25, 0.3) is 5.56 Å². The van der Waals surface area contributed by atoms with E-state index in [4.69, 9.17) is 5.73 Å². The lowest BCUT2D eigenvalue weighted by atomic mass is 10.2. The molecule has 0 bridgehead atoms. The normalized spacial score (nSPS) is 11.2. The number of aromatic nitrogens is 4. The molecule has 0 aliphatic heterocycles. The van der Waals surface area contributed by atoms with Crippen LogP contribution in [0, 0.1) is 0 Å². The van der Waals surface area contributed by atoms with Crippen molar-refractivity contribution in [2.24, 2.45) is 7.05 Å². The first-order chi connectivity index (χ1) is 8.56. The van der Waals surface area contributed by atoms with Crippen LogP contribution in [0.3, 0.4) is 0 Å². The molecular weight excluding hydrogens is 234 g/mol. The molecule has 2 aromatic heterocycles. The molecule has 7 heteroatoms. The zero-order chi connectivity index (χ0) is 13.3. The summed E-state index contributed by atoms with van der Waals surface area (Å²) in [4.78, 5) is 29.6.